The predicted molar refractivity (Wildman–Crippen MR) is 143 cm³/mol. The van der Waals surface area contributed by atoms with Gasteiger partial charge in [-0.05, 0) is 54.4 Å². The van der Waals surface area contributed by atoms with Crippen molar-refractivity contribution in [1.82, 2.24) is 9.80 Å². The van der Waals surface area contributed by atoms with Crippen LogP contribution in [0.25, 0.3) is 0 Å². The van der Waals surface area contributed by atoms with Crippen LogP contribution in [0.15, 0.2) is 72.8 Å². The first-order chi connectivity index (χ1) is 18.6. The standard InChI is InChI=1S/C30H31FN2O2.CH2O2/c31-27-18-28(25(21-13-14-21)17-26(27)30(34)32-15-7-8-16-32)35-24-19-33(20-24)29(22-9-3-1-4-10-22)23-11-5-2-6-12-23;2-1-3/h1-6,9-12,17-18,21,24,29H,7-8,13-16,19-20H2;1H,(H,2,3). The minimum absolute atomic E-state index is 0.00181. The van der Waals surface area contributed by atoms with Gasteiger partial charge in [-0.2, -0.15) is 0 Å². The summed E-state index contributed by atoms with van der Waals surface area (Å²) in [6.45, 7) is 2.73. The molecule has 0 unspecified atom stereocenters. The molecule has 198 valence electrons. The van der Waals surface area contributed by atoms with Gasteiger partial charge in [0, 0.05) is 32.2 Å². The van der Waals surface area contributed by atoms with Gasteiger partial charge in [-0.15, -0.1) is 0 Å². The van der Waals surface area contributed by atoms with Crippen molar-refractivity contribution in [2.24, 2.45) is 0 Å². The maximum Gasteiger partial charge on any atom is 0.290 e. The molecule has 6 rings (SSSR count). The summed E-state index contributed by atoms with van der Waals surface area (Å²) in [6, 6.07) is 24.5. The number of carbonyl (C=O) groups is 2. The third-order valence-electron chi connectivity index (χ3n) is 7.51. The van der Waals surface area contributed by atoms with Crippen LogP contribution in [-0.4, -0.2) is 59.6 Å². The van der Waals surface area contributed by atoms with Crippen molar-refractivity contribution in [3.8, 4) is 5.75 Å². The predicted octanol–water partition coefficient (Wildman–Crippen LogP) is 5.49. The number of nitrogens with zero attached hydrogens (tertiary/aromatic N) is 2. The molecular weight excluding hydrogens is 483 g/mol. The molecule has 7 heteroatoms. The Balaban J connectivity index is 0.000000937. The van der Waals surface area contributed by atoms with Crippen LogP contribution < -0.4 is 4.74 Å². The molecule has 6 nitrogen and oxygen atoms in total. The average molecular weight is 517 g/mol. The number of ether oxygens (including phenoxy) is 1. The first-order valence-electron chi connectivity index (χ1n) is 13.3. The van der Waals surface area contributed by atoms with Crippen LogP contribution in [0, 0.1) is 5.82 Å². The van der Waals surface area contributed by atoms with E-state index in [1.165, 1.54) is 17.2 Å². The molecule has 0 radical (unpaired) electrons. The molecular formula is C31H33FN2O4. The van der Waals surface area contributed by atoms with E-state index in [4.69, 9.17) is 14.6 Å². The number of likely N-dealkylation sites (tertiary alicyclic amines) is 2. The van der Waals surface area contributed by atoms with Crippen LogP contribution in [0.1, 0.15) is 64.7 Å². The lowest BCUT2D eigenvalue weighted by Crippen LogP contribution is -2.55. The monoisotopic (exact) mass is 516 g/mol. The number of benzene rings is 3. The first kappa shape index (κ1) is 25.9. The molecule has 0 spiro atoms. The van der Waals surface area contributed by atoms with E-state index in [0.29, 0.717) is 11.7 Å². The minimum atomic E-state index is -0.469. The molecule has 3 fully saturated rings. The Bertz CT molecular complexity index is 1200. The molecule has 3 aromatic rings. The molecule has 0 atom stereocenters. The van der Waals surface area contributed by atoms with Crippen LogP contribution in [0.4, 0.5) is 4.39 Å². The number of halogens is 1. The fourth-order valence-electron chi connectivity index (χ4n) is 5.46. The zero-order valence-corrected chi connectivity index (χ0v) is 21.3. The lowest BCUT2D eigenvalue weighted by molar-refractivity contribution is -0.122. The van der Waals surface area contributed by atoms with Gasteiger partial charge in [-0.3, -0.25) is 14.5 Å². The highest BCUT2D eigenvalue weighted by atomic mass is 19.1. The van der Waals surface area contributed by atoms with Gasteiger partial charge in [0.25, 0.3) is 12.4 Å². The Kier molecular flexibility index (Phi) is 8.03. The molecule has 1 amide bonds. The average Bonchev–Trinajstić information content (AvgIpc) is 3.61. The van der Waals surface area contributed by atoms with Crippen LogP contribution in [0.2, 0.25) is 0 Å². The van der Waals surface area contributed by atoms with E-state index in [2.05, 4.69) is 53.4 Å². The third kappa shape index (κ3) is 5.73. The van der Waals surface area contributed by atoms with Gasteiger partial charge in [0.15, 0.2) is 0 Å². The molecule has 0 aromatic heterocycles. The zero-order valence-electron chi connectivity index (χ0n) is 21.3. The molecule has 3 aromatic carbocycles. The van der Waals surface area contributed by atoms with Gasteiger partial charge in [-0.25, -0.2) is 4.39 Å². The summed E-state index contributed by atoms with van der Waals surface area (Å²) in [6.07, 6.45) is 4.13. The minimum Gasteiger partial charge on any atom is -0.487 e. The molecule has 1 saturated carbocycles. The molecule has 2 aliphatic heterocycles. The first-order valence-corrected chi connectivity index (χ1v) is 13.3. The van der Waals surface area contributed by atoms with E-state index < -0.39 is 5.82 Å². The van der Waals surface area contributed by atoms with Gasteiger partial charge >= 0.3 is 0 Å². The highest BCUT2D eigenvalue weighted by Gasteiger charge is 2.37. The summed E-state index contributed by atoms with van der Waals surface area (Å²) in [5, 5.41) is 6.89. The fourth-order valence-corrected chi connectivity index (χ4v) is 5.46. The second kappa shape index (κ2) is 11.8. The Labute approximate surface area is 222 Å². The SMILES string of the molecule is O=C(c1cc(C2CC2)c(OC2CN(C(c3ccccc3)c3ccccc3)C2)cc1F)N1CCCC1.O=CO. The maximum atomic E-state index is 15.1. The zero-order chi connectivity index (χ0) is 26.5. The van der Waals surface area contributed by atoms with Crippen molar-refractivity contribution in [1.29, 1.82) is 0 Å². The number of amides is 1. The van der Waals surface area contributed by atoms with Gasteiger partial charge < -0.3 is 14.7 Å². The van der Waals surface area contributed by atoms with Crippen LogP contribution in [0.5, 0.6) is 5.75 Å². The summed E-state index contributed by atoms with van der Waals surface area (Å²) in [7, 11) is 0. The fraction of sp³-hybridized carbons (Fsp3) is 0.355. The van der Waals surface area contributed by atoms with E-state index in [1.54, 1.807) is 11.0 Å². The lowest BCUT2D eigenvalue weighted by Gasteiger charge is -2.44. The molecule has 1 N–H and O–H groups in total. The van der Waals surface area contributed by atoms with Crippen molar-refractivity contribution in [2.45, 2.75) is 43.7 Å². The largest absolute Gasteiger partial charge is 0.487 e. The highest BCUT2D eigenvalue weighted by Crippen LogP contribution is 2.46. The molecule has 2 heterocycles. The number of carbonyl (C=O) groups excluding carboxylic acids is 1. The number of hydrogen-bond donors (Lipinski definition) is 1. The van der Waals surface area contributed by atoms with Crippen LogP contribution >= 0.6 is 0 Å². The topological polar surface area (TPSA) is 70.1 Å². The van der Waals surface area contributed by atoms with Gasteiger partial charge in [-0.1, -0.05) is 60.7 Å². The maximum absolute atomic E-state index is 15.1. The number of hydrogen-bond acceptors (Lipinski definition) is 4. The Morgan fingerprint density at radius 1 is 0.947 bits per heavy atom. The van der Waals surface area contributed by atoms with E-state index >= 15 is 4.39 Å². The van der Waals surface area contributed by atoms with Crippen molar-refractivity contribution in [2.75, 3.05) is 26.2 Å². The van der Waals surface area contributed by atoms with E-state index in [9.17, 15) is 4.79 Å². The quantitative estimate of drug-likeness (QED) is 0.421. The lowest BCUT2D eigenvalue weighted by atomic mass is 9.93. The Morgan fingerprint density at radius 3 is 2.03 bits per heavy atom. The van der Waals surface area contributed by atoms with Crippen molar-refractivity contribution < 1.29 is 23.8 Å². The van der Waals surface area contributed by atoms with E-state index in [0.717, 1.165) is 57.4 Å². The Hall–Kier alpha value is -3.71. The molecule has 1 aliphatic carbocycles. The molecule has 38 heavy (non-hydrogen) atoms. The second-order valence-electron chi connectivity index (χ2n) is 10.2. The van der Waals surface area contributed by atoms with Crippen molar-refractivity contribution >= 4 is 12.4 Å². The smallest absolute Gasteiger partial charge is 0.290 e. The molecule has 0 bridgehead atoms. The van der Waals surface area contributed by atoms with Gasteiger partial charge in [0.1, 0.15) is 17.7 Å². The van der Waals surface area contributed by atoms with E-state index in [1.807, 2.05) is 12.1 Å². The van der Waals surface area contributed by atoms with Crippen molar-refractivity contribution in [3.63, 3.8) is 0 Å². The van der Waals surface area contributed by atoms with Crippen molar-refractivity contribution in [3.05, 3.63) is 101 Å². The van der Waals surface area contributed by atoms with Crippen LogP contribution in [-0.2, 0) is 4.79 Å². The van der Waals surface area contributed by atoms with Crippen LogP contribution in [0.3, 0.4) is 0 Å². The number of carboxylic acid groups (broad SMARTS) is 1. The summed E-state index contributed by atoms with van der Waals surface area (Å²) < 4.78 is 21.5. The summed E-state index contributed by atoms with van der Waals surface area (Å²) in [5.41, 5.74) is 3.71. The normalized spacial score (nSPS) is 17.5. The summed E-state index contributed by atoms with van der Waals surface area (Å²) in [4.78, 5) is 25.4. The summed E-state index contributed by atoms with van der Waals surface area (Å²) in [5.74, 6) is 0.331. The molecule has 3 aliphatic rings. The Morgan fingerprint density at radius 2 is 1.50 bits per heavy atom. The third-order valence-corrected chi connectivity index (χ3v) is 7.51. The van der Waals surface area contributed by atoms with E-state index in [-0.39, 0.29) is 30.1 Å². The van der Waals surface area contributed by atoms with Gasteiger partial charge in [0.2, 0.25) is 0 Å². The number of rotatable bonds is 7. The molecule has 2 saturated heterocycles. The highest BCUT2D eigenvalue weighted by molar-refractivity contribution is 5.95. The van der Waals surface area contributed by atoms with Gasteiger partial charge in [0.05, 0.1) is 11.6 Å². The summed E-state index contributed by atoms with van der Waals surface area (Å²) >= 11 is 0. The second-order valence-corrected chi connectivity index (χ2v) is 10.2.